The van der Waals surface area contributed by atoms with Gasteiger partial charge in [0.15, 0.2) is 0 Å². The average molecular weight is 298 g/mol. The van der Waals surface area contributed by atoms with Gasteiger partial charge < -0.3 is 20.0 Å². The zero-order valence-electron chi connectivity index (χ0n) is 12.9. The Morgan fingerprint density at radius 3 is 2.38 bits per heavy atom. The van der Waals surface area contributed by atoms with Gasteiger partial charge in [0, 0.05) is 32.0 Å². The van der Waals surface area contributed by atoms with Crippen molar-refractivity contribution in [3.8, 4) is 0 Å². The minimum Gasteiger partial charge on any atom is -0.481 e. The Kier molecular flexibility index (Phi) is 5.22. The molecular weight excluding hydrogens is 272 g/mol. The third-order valence-corrected chi connectivity index (χ3v) is 4.98. The number of carbonyl (C=O) groups is 2. The molecule has 0 aromatic rings. The highest BCUT2D eigenvalue weighted by molar-refractivity contribution is 5.67. The van der Waals surface area contributed by atoms with E-state index in [-0.39, 0.29) is 30.7 Å². The molecule has 0 aliphatic carbocycles. The molecule has 0 aromatic carbocycles. The molecule has 2 fully saturated rings. The van der Waals surface area contributed by atoms with Crippen molar-refractivity contribution >= 4 is 11.9 Å². The fourth-order valence-electron chi connectivity index (χ4n) is 4.38. The van der Waals surface area contributed by atoms with Crippen molar-refractivity contribution in [1.29, 1.82) is 0 Å². The van der Waals surface area contributed by atoms with Crippen LogP contribution in [-0.2, 0) is 9.59 Å². The van der Waals surface area contributed by atoms with Crippen LogP contribution >= 0.6 is 0 Å². The van der Waals surface area contributed by atoms with Gasteiger partial charge in [-0.15, -0.1) is 0 Å². The molecule has 2 aliphatic heterocycles. The minimum atomic E-state index is -0.740. The molecule has 2 N–H and O–H groups in total. The lowest BCUT2D eigenvalue weighted by Crippen LogP contribution is -2.48. The smallest absolute Gasteiger partial charge is 0.303 e. The highest BCUT2D eigenvalue weighted by atomic mass is 16.4. The standard InChI is InChI=1S/C15H26N2O4/c1-16-8-10(6-13(18)19)5-12(9-16)15-11(7-14(20)21)3-4-17(15)2/h10-12,15H,3-9H2,1-2H3,(H,18,19)(H,20,21). The van der Waals surface area contributed by atoms with Gasteiger partial charge in [-0.1, -0.05) is 0 Å². The Morgan fingerprint density at radius 1 is 1.10 bits per heavy atom. The average Bonchev–Trinajstić information content (AvgIpc) is 2.67. The first kappa shape index (κ1) is 16.2. The van der Waals surface area contributed by atoms with Gasteiger partial charge in [0.25, 0.3) is 0 Å². The number of hydrogen-bond donors (Lipinski definition) is 2. The number of piperidine rings is 1. The molecule has 0 saturated carbocycles. The van der Waals surface area contributed by atoms with Crippen LogP contribution in [0.2, 0.25) is 0 Å². The van der Waals surface area contributed by atoms with Crippen LogP contribution in [0.5, 0.6) is 0 Å². The number of carboxylic acid groups (broad SMARTS) is 2. The topological polar surface area (TPSA) is 81.1 Å². The SMILES string of the molecule is CN1CC(CC(=O)O)CC(C2C(CC(=O)O)CCN2C)C1. The van der Waals surface area contributed by atoms with Crippen molar-refractivity contribution in [2.24, 2.45) is 17.8 Å². The molecule has 0 aromatic heterocycles. The number of nitrogens with zero attached hydrogens (tertiary/aromatic N) is 2. The molecule has 0 radical (unpaired) electrons. The predicted octanol–water partition coefficient (Wildman–Crippen LogP) is 0.824. The van der Waals surface area contributed by atoms with Crippen molar-refractivity contribution in [2.45, 2.75) is 31.7 Å². The zero-order valence-corrected chi connectivity index (χ0v) is 12.9. The molecule has 6 nitrogen and oxygen atoms in total. The van der Waals surface area contributed by atoms with E-state index in [9.17, 15) is 9.59 Å². The summed E-state index contributed by atoms with van der Waals surface area (Å²) in [6, 6.07) is 0.264. The van der Waals surface area contributed by atoms with Gasteiger partial charge in [-0.05, 0) is 51.2 Å². The van der Waals surface area contributed by atoms with Crippen LogP contribution in [0.1, 0.15) is 25.7 Å². The van der Waals surface area contributed by atoms with Crippen LogP contribution in [0.15, 0.2) is 0 Å². The molecule has 21 heavy (non-hydrogen) atoms. The predicted molar refractivity (Wildman–Crippen MR) is 78.1 cm³/mol. The molecule has 2 saturated heterocycles. The monoisotopic (exact) mass is 298 g/mol. The maximum atomic E-state index is 11.1. The third kappa shape index (κ3) is 4.17. The van der Waals surface area contributed by atoms with Gasteiger partial charge >= 0.3 is 11.9 Å². The van der Waals surface area contributed by atoms with Gasteiger partial charge in [0.1, 0.15) is 0 Å². The molecule has 0 amide bonds. The lowest BCUT2D eigenvalue weighted by molar-refractivity contribution is -0.139. The second-order valence-electron chi connectivity index (χ2n) is 6.80. The highest BCUT2D eigenvalue weighted by Crippen LogP contribution is 2.37. The molecule has 0 bridgehead atoms. The van der Waals surface area contributed by atoms with E-state index in [1.54, 1.807) is 0 Å². The maximum Gasteiger partial charge on any atom is 0.303 e. The summed E-state index contributed by atoms with van der Waals surface area (Å²) in [6.45, 7) is 2.69. The van der Waals surface area contributed by atoms with Gasteiger partial charge in [-0.2, -0.15) is 0 Å². The fourth-order valence-corrected chi connectivity index (χ4v) is 4.38. The van der Waals surface area contributed by atoms with Gasteiger partial charge in [-0.25, -0.2) is 0 Å². The summed E-state index contributed by atoms with van der Waals surface area (Å²) in [6.07, 6.45) is 2.25. The van der Waals surface area contributed by atoms with Crippen molar-refractivity contribution in [2.75, 3.05) is 33.7 Å². The van der Waals surface area contributed by atoms with E-state index < -0.39 is 11.9 Å². The van der Waals surface area contributed by atoms with E-state index in [0.29, 0.717) is 5.92 Å². The summed E-state index contributed by atoms with van der Waals surface area (Å²) < 4.78 is 0. The minimum absolute atomic E-state index is 0.172. The molecule has 120 valence electrons. The number of likely N-dealkylation sites (tertiary alicyclic amines) is 2. The second-order valence-corrected chi connectivity index (χ2v) is 6.80. The van der Waals surface area contributed by atoms with E-state index in [4.69, 9.17) is 10.2 Å². The van der Waals surface area contributed by atoms with E-state index >= 15 is 0 Å². The first-order valence-corrected chi connectivity index (χ1v) is 7.69. The van der Waals surface area contributed by atoms with E-state index in [2.05, 4.69) is 16.8 Å². The molecule has 4 atom stereocenters. The van der Waals surface area contributed by atoms with Crippen molar-refractivity contribution in [3.63, 3.8) is 0 Å². The quantitative estimate of drug-likeness (QED) is 0.782. The molecule has 2 heterocycles. The molecule has 2 rings (SSSR count). The normalized spacial score (nSPS) is 35.0. The Hall–Kier alpha value is -1.14. The number of hydrogen-bond acceptors (Lipinski definition) is 4. The lowest BCUT2D eigenvalue weighted by atomic mass is 9.78. The van der Waals surface area contributed by atoms with Gasteiger partial charge in [0.2, 0.25) is 0 Å². The van der Waals surface area contributed by atoms with Crippen molar-refractivity contribution in [3.05, 3.63) is 0 Å². The van der Waals surface area contributed by atoms with Crippen molar-refractivity contribution < 1.29 is 19.8 Å². The molecule has 2 aliphatic rings. The fraction of sp³-hybridized carbons (Fsp3) is 0.867. The first-order chi connectivity index (χ1) is 9.86. The van der Waals surface area contributed by atoms with Crippen LogP contribution in [0.3, 0.4) is 0 Å². The summed E-state index contributed by atoms with van der Waals surface area (Å²) >= 11 is 0. The maximum absolute atomic E-state index is 11.1. The zero-order chi connectivity index (χ0) is 15.6. The van der Waals surface area contributed by atoms with E-state index in [0.717, 1.165) is 32.5 Å². The van der Waals surface area contributed by atoms with Crippen LogP contribution in [-0.4, -0.2) is 71.7 Å². The second kappa shape index (κ2) is 6.75. The highest BCUT2D eigenvalue weighted by Gasteiger charge is 2.41. The summed E-state index contributed by atoms with van der Waals surface area (Å²) in [7, 11) is 4.09. The summed E-state index contributed by atoms with van der Waals surface area (Å²) in [4.78, 5) is 26.5. The van der Waals surface area contributed by atoms with Crippen LogP contribution in [0, 0.1) is 17.8 Å². The first-order valence-electron chi connectivity index (χ1n) is 7.69. The molecule has 4 unspecified atom stereocenters. The Labute approximate surface area is 125 Å². The van der Waals surface area contributed by atoms with E-state index in [1.165, 1.54) is 0 Å². The van der Waals surface area contributed by atoms with Crippen molar-refractivity contribution in [1.82, 2.24) is 9.80 Å². The third-order valence-electron chi connectivity index (χ3n) is 4.98. The number of aliphatic carboxylic acids is 2. The van der Waals surface area contributed by atoms with Crippen LogP contribution < -0.4 is 0 Å². The molecule has 0 spiro atoms. The number of carboxylic acids is 2. The largest absolute Gasteiger partial charge is 0.481 e. The van der Waals surface area contributed by atoms with Crippen LogP contribution in [0.25, 0.3) is 0 Å². The van der Waals surface area contributed by atoms with Gasteiger partial charge in [-0.3, -0.25) is 9.59 Å². The Bertz CT molecular complexity index is 401. The van der Waals surface area contributed by atoms with Crippen LogP contribution in [0.4, 0.5) is 0 Å². The van der Waals surface area contributed by atoms with Gasteiger partial charge in [0.05, 0.1) is 0 Å². The lowest BCUT2D eigenvalue weighted by Gasteiger charge is -2.41. The Morgan fingerprint density at radius 2 is 1.76 bits per heavy atom. The summed E-state index contributed by atoms with van der Waals surface area (Å²) in [5.74, 6) is -0.743. The summed E-state index contributed by atoms with van der Waals surface area (Å²) in [5.41, 5.74) is 0. The Balaban J connectivity index is 2.06. The molecular formula is C15H26N2O4. The molecule has 6 heteroatoms. The summed E-state index contributed by atoms with van der Waals surface area (Å²) in [5, 5.41) is 18.1. The van der Waals surface area contributed by atoms with E-state index in [1.807, 2.05) is 7.05 Å². The number of rotatable bonds is 5.